The zero-order valence-electron chi connectivity index (χ0n) is 19.2. The summed E-state index contributed by atoms with van der Waals surface area (Å²) in [5.41, 5.74) is 7.91. The number of ether oxygens (including phenoxy) is 1. The molecular weight excluding hydrogens is 416 g/mol. The van der Waals surface area contributed by atoms with Gasteiger partial charge in [0.15, 0.2) is 0 Å². The summed E-state index contributed by atoms with van der Waals surface area (Å²) in [7, 11) is 0. The Balaban J connectivity index is 1.27. The maximum atomic E-state index is 12.3. The number of carbonyl (C=O) groups excluding carboxylic acids is 1. The van der Waals surface area contributed by atoms with Crippen molar-refractivity contribution in [3.8, 4) is 0 Å². The van der Waals surface area contributed by atoms with Gasteiger partial charge in [-0.1, -0.05) is 24.3 Å². The van der Waals surface area contributed by atoms with Gasteiger partial charge in [0.25, 0.3) is 0 Å². The summed E-state index contributed by atoms with van der Waals surface area (Å²) in [6, 6.07) is 10.2. The molecule has 33 heavy (non-hydrogen) atoms. The molecule has 172 valence electrons. The Morgan fingerprint density at radius 2 is 1.64 bits per heavy atom. The summed E-state index contributed by atoms with van der Waals surface area (Å²) in [5.74, 6) is -0.964. The standard InChI is InChI=1S/C27H30N2O4/c1-17-9-10-18(2)27-26(17)21(15-29-27)6-4-8-25(32)33-16-19-11-12-22-20(5-3-7-24(30)31)14-28-23(22)13-19/h9-15,28-29H,3-8,16H2,1-2H3,(H,30,31). The number of fused-ring (bicyclic) bond motifs is 2. The Morgan fingerprint density at radius 3 is 2.45 bits per heavy atom. The van der Waals surface area contributed by atoms with Crippen LogP contribution in [-0.2, 0) is 33.8 Å². The lowest BCUT2D eigenvalue weighted by Gasteiger charge is -2.07. The van der Waals surface area contributed by atoms with Crippen LogP contribution in [0, 0.1) is 13.8 Å². The zero-order valence-corrected chi connectivity index (χ0v) is 19.2. The van der Waals surface area contributed by atoms with E-state index >= 15 is 0 Å². The molecule has 2 aromatic heterocycles. The number of carboxylic acids is 1. The monoisotopic (exact) mass is 446 g/mol. The van der Waals surface area contributed by atoms with E-state index in [1.807, 2.05) is 24.4 Å². The molecule has 6 nitrogen and oxygen atoms in total. The number of aromatic nitrogens is 2. The van der Waals surface area contributed by atoms with E-state index in [1.54, 1.807) is 0 Å². The topological polar surface area (TPSA) is 95.2 Å². The van der Waals surface area contributed by atoms with Crippen LogP contribution in [0.2, 0.25) is 0 Å². The largest absolute Gasteiger partial charge is 0.481 e. The number of nitrogens with one attached hydrogen (secondary N) is 2. The van der Waals surface area contributed by atoms with E-state index in [0.717, 1.165) is 41.3 Å². The molecule has 0 radical (unpaired) electrons. The van der Waals surface area contributed by atoms with E-state index in [4.69, 9.17) is 9.84 Å². The molecule has 0 saturated heterocycles. The van der Waals surface area contributed by atoms with Crippen molar-refractivity contribution in [2.75, 3.05) is 0 Å². The number of H-pyrrole nitrogens is 2. The Hall–Kier alpha value is -3.54. The third kappa shape index (κ3) is 5.28. The summed E-state index contributed by atoms with van der Waals surface area (Å²) >= 11 is 0. The highest BCUT2D eigenvalue weighted by Gasteiger charge is 2.11. The van der Waals surface area contributed by atoms with Crippen LogP contribution in [0.5, 0.6) is 0 Å². The minimum atomic E-state index is -0.773. The van der Waals surface area contributed by atoms with Gasteiger partial charge in [-0.05, 0) is 73.4 Å². The lowest BCUT2D eigenvalue weighted by Crippen LogP contribution is -2.05. The number of carboxylic acid groups (broad SMARTS) is 1. The van der Waals surface area contributed by atoms with Crippen molar-refractivity contribution in [2.24, 2.45) is 0 Å². The van der Waals surface area contributed by atoms with Gasteiger partial charge in [-0.3, -0.25) is 9.59 Å². The third-order valence-corrected chi connectivity index (χ3v) is 6.23. The number of hydrogen-bond donors (Lipinski definition) is 3. The van der Waals surface area contributed by atoms with Crippen molar-refractivity contribution in [3.63, 3.8) is 0 Å². The zero-order chi connectivity index (χ0) is 23.4. The van der Waals surface area contributed by atoms with Crippen molar-refractivity contribution < 1.29 is 19.4 Å². The summed E-state index contributed by atoms with van der Waals surface area (Å²) < 4.78 is 5.50. The van der Waals surface area contributed by atoms with E-state index in [0.29, 0.717) is 12.8 Å². The van der Waals surface area contributed by atoms with Gasteiger partial charge >= 0.3 is 11.9 Å². The number of aliphatic carboxylic acids is 1. The number of benzene rings is 2. The van der Waals surface area contributed by atoms with Crippen molar-refractivity contribution in [2.45, 2.75) is 59.0 Å². The average molecular weight is 447 g/mol. The van der Waals surface area contributed by atoms with Crippen LogP contribution in [0.25, 0.3) is 21.8 Å². The first-order chi connectivity index (χ1) is 15.9. The molecule has 2 heterocycles. The minimum Gasteiger partial charge on any atom is -0.481 e. The summed E-state index contributed by atoms with van der Waals surface area (Å²) in [6.45, 7) is 4.46. The molecule has 6 heteroatoms. The lowest BCUT2D eigenvalue weighted by molar-refractivity contribution is -0.145. The van der Waals surface area contributed by atoms with E-state index in [9.17, 15) is 9.59 Å². The van der Waals surface area contributed by atoms with Gasteiger partial charge in [-0.2, -0.15) is 0 Å². The average Bonchev–Trinajstić information content (AvgIpc) is 3.40. The van der Waals surface area contributed by atoms with Crippen LogP contribution in [-0.4, -0.2) is 27.0 Å². The second-order valence-electron chi connectivity index (χ2n) is 8.72. The van der Waals surface area contributed by atoms with Gasteiger partial charge in [-0.15, -0.1) is 0 Å². The molecular formula is C27H30N2O4. The van der Waals surface area contributed by atoms with Crippen molar-refractivity contribution in [1.82, 2.24) is 9.97 Å². The van der Waals surface area contributed by atoms with Gasteiger partial charge in [0.2, 0.25) is 0 Å². The highest BCUT2D eigenvalue weighted by atomic mass is 16.5. The van der Waals surface area contributed by atoms with Gasteiger partial charge in [0, 0.05) is 47.0 Å². The van der Waals surface area contributed by atoms with Crippen LogP contribution in [0.4, 0.5) is 0 Å². The summed E-state index contributed by atoms with van der Waals surface area (Å²) in [6.07, 6.45) is 7.44. The molecule has 2 aromatic carbocycles. The summed E-state index contributed by atoms with van der Waals surface area (Å²) in [5, 5.41) is 11.2. The first-order valence-electron chi connectivity index (χ1n) is 11.4. The molecule has 0 spiro atoms. The van der Waals surface area contributed by atoms with Gasteiger partial charge in [-0.25, -0.2) is 0 Å². The fraction of sp³-hybridized carbons (Fsp3) is 0.333. The fourth-order valence-electron chi connectivity index (χ4n) is 4.46. The molecule has 0 bridgehead atoms. The number of rotatable bonds is 10. The van der Waals surface area contributed by atoms with E-state index < -0.39 is 5.97 Å². The van der Waals surface area contributed by atoms with Crippen molar-refractivity contribution >= 4 is 33.7 Å². The highest BCUT2D eigenvalue weighted by molar-refractivity contribution is 5.89. The third-order valence-electron chi connectivity index (χ3n) is 6.23. The van der Waals surface area contributed by atoms with Crippen LogP contribution in [0.3, 0.4) is 0 Å². The Kier molecular flexibility index (Phi) is 6.82. The normalized spacial score (nSPS) is 11.3. The number of aromatic amines is 2. The number of carbonyl (C=O) groups is 2. The smallest absolute Gasteiger partial charge is 0.306 e. The van der Waals surface area contributed by atoms with E-state index in [-0.39, 0.29) is 19.0 Å². The maximum absolute atomic E-state index is 12.3. The molecule has 4 aromatic rings. The van der Waals surface area contributed by atoms with Crippen molar-refractivity contribution in [3.05, 3.63) is 70.5 Å². The van der Waals surface area contributed by atoms with Gasteiger partial charge in [0.1, 0.15) is 6.61 Å². The van der Waals surface area contributed by atoms with Gasteiger partial charge < -0.3 is 19.8 Å². The second kappa shape index (κ2) is 9.94. The molecule has 0 aliphatic carbocycles. The summed E-state index contributed by atoms with van der Waals surface area (Å²) in [4.78, 5) is 29.6. The Morgan fingerprint density at radius 1 is 0.909 bits per heavy atom. The lowest BCUT2D eigenvalue weighted by atomic mass is 10.0. The molecule has 0 atom stereocenters. The fourth-order valence-corrected chi connectivity index (χ4v) is 4.46. The number of hydrogen-bond acceptors (Lipinski definition) is 3. The Labute approximate surface area is 193 Å². The molecule has 0 amide bonds. The molecule has 0 fully saturated rings. The predicted molar refractivity (Wildman–Crippen MR) is 129 cm³/mol. The van der Waals surface area contributed by atoms with E-state index in [2.05, 4.69) is 42.1 Å². The highest BCUT2D eigenvalue weighted by Crippen LogP contribution is 2.26. The van der Waals surface area contributed by atoms with Crippen LogP contribution in [0.1, 0.15) is 53.5 Å². The molecule has 4 rings (SSSR count). The van der Waals surface area contributed by atoms with Gasteiger partial charge in [0.05, 0.1) is 0 Å². The second-order valence-corrected chi connectivity index (χ2v) is 8.72. The van der Waals surface area contributed by atoms with Crippen LogP contribution < -0.4 is 0 Å². The molecule has 0 aliphatic rings. The molecule has 0 saturated carbocycles. The number of aryl methyl sites for hydroxylation is 4. The first kappa shape index (κ1) is 22.6. The molecule has 0 aliphatic heterocycles. The van der Waals surface area contributed by atoms with E-state index in [1.165, 1.54) is 27.6 Å². The minimum absolute atomic E-state index is 0.167. The SMILES string of the molecule is Cc1ccc(C)c2c(CCCC(=O)OCc3ccc4c(CCCC(=O)O)c[nH]c4c3)c[nH]c12. The number of esters is 1. The predicted octanol–water partition coefficient (Wildman–Crippen LogP) is 5.74. The maximum Gasteiger partial charge on any atom is 0.306 e. The van der Waals surface area contributed by atoms with Crippen LogP contribution >= 0.6 is 0 Å². The molecule has 3 N–H and O–H groups in total. The van der Waals surface area contributed by atoms with Crippen molar-refractivity contribution in [1.29, 1.82) is 0 Å². The first-order valence-corrected chi connectivity index (χ1v) is 11.4. The Bertz CT molecular complexity index is 1300. The van der Waals surface area contributed by atoms with Crippen LogP contribution in [0.15, 0.2) is 42.7 Å². The molecule has 0 unspecified atom stereocenters. The quantitative estimate of drug-likeness (QED) is 0.271.